The molecule has 33 heteroatoms. The molecule has 0 unspecified atom stereocenters. The second kappa shape index (κ2) is 41.9. The van der Waals surface area contributed by atoms with Crippen molar-refractivity contribution >= 4 is 89.6 Å². The van der Waals surface area contributed by atoms with Crippen LogP contribution in [0, 0.1) is 6.92 Å². The number of ether oxygens (including phenoxy) is 4. The minimum atomic E-state index is -1.43. The van der Waals surface area contributed by atoms with E-state index in [9.17, 15) is 25.5 Å². The highest BCUT2D eigenvalue weighted by molar-refractivity contribution is 5.96. The Morgan fingerprint density at radius 1 is 0.360 bits per heavy atom. The average molecular weight is 1860 g/mol. The van der Waals surface area contributed by atoms with Crippen LogP contribution in [0.3, 0.4) is 0 Å². The molecule has 5 N–H and O–H groups in total. The van der Waals surface area contributed by atoms with Gasteiger partial charge in [0, 0.05) is 211 Å². The highest BCUT2D eigenvalue weighted by Gasteiger charge is 2.50. The summed E-state index contributed by atoms with van der Waals surface area (Å²) >= 11 is 0. The molecule has 4 saturated carbocycles. The molecule has 0 radical (unpaired) electrons. The van der Waals surface area contributed by atoms with Crippen LogP contribution in [0.25, 0.3) is 43.6 Å². The molecule has 7 aromatic heterocycles. The summed E-state index contributed by atoms with van der Waals surface area (Å²) in [6.45, 7) is 13.5. The number of methoxy groups -OCH3 is 4. The molecule has 4 aliphatic heterocycles. The van der Waals surface area contributed by atoms with Gasteiger partial charge in [0.05, 0.1) is 76.9 Å². The van der Waals surface area contributed by atoms with E-state index in [0.29, 0.717) is 112 Å². The second-order valence-electron chi connectivity index (χ2n) is 37.8. The first-order valence-electron chi connectivity index (χ1n) is 48.4. The van der Waals surface area contributed by atoms with E-state index in [4.69, 9.17) is 48.9 Å². The summed E-state index contributed by atoms with van der Waals surface area (Å²) in [5, 5.41) is 52.4. The number of aliphatic hydroxyl groups is 5. The van der Waals surface area contributed by atoms with E-state index >= 15 is 8.78 Å². The summed E-state index contributed by atoms with van der Waals surface area (Å²) in [5.41, 5.74) is 8.98. The lowest BCUT2D eigenvalue weighted by atomic mass is 9.79. The van der Waals surface area contributed by atoms with Crippen molar-refractivity contribution in [2.45, 2.75) is 182 Å². The van der Waals surface area contributed by atoms with Crippen molar-refractivity contribution in [2.75, 3.05) is 201 Å². The molecule has 0 atom stereocenters. The highest BCUT2D eigenvalue weighted by atomic mass is 19.1. The molecular weight excluding hydrogens is 1730 g/mol. The fourth-order valence-electron chi connectivity index (χ4n) is 19.9. The van der Waals surface area contributed by atoms with Gasteiger partial charge in [-0.3, -0.25) is 15.0 Å². The second-order valence-corrected chi connectivity index (χ2v) is 37.8. The van der Waals surface area contributed by atoms with Crippen LogP contribution in [0.5, 0.6) is 23.4 Å². The maximum atomic E-state index is 15.4. The molecular formula is C103H130F2N22O9. The molecule has 12 aromatic rings. The molecule has 11 heterocycles. The van der Waals surface area contributed by atoms with Gasteiger partial charge in [0.25, 0.3) is 0 Å². The number of benzene rings is 5. The van der Waals surface area contributed by atoms with Crippen LogP contribution in [0.15, 0.2) is 128 Å². The Morgan fingerprint density at radius 3 is 0.963 bits per heavy atom. The zero-order chi connectivity index (χ0) is 95.0. The maximum Gasteiger partial charge on any atom is 0.235 e. The van der Waals surface area contributed by atoms with Gasteiger partial charge in [0.1, 0.15) is 57.5 Å². The lowest BCUT2D eigenvalue weighted by Crippen LogP contribution is -2.38. The summed E-state index contributed by atoms with van der Waals surface area (Å²) in [5.74, 6) is 9.65. The number of aryl methyl sites for hydroxylation is 1. The zero-order valence-electron chi connectivity index (χ0n) is 80.1. The smallest absolute Gasteiger partial charge is 0.235 e. The molecule has 0 spiro atoms. The first-order valence-corrected chi connectivity index (χ1v) is 48.4. The van der Waals surface area contributed by atoms with E-state index in [2.05, 4.69) is 127 Å². The van der Waals surface area contributed by atoms with Crippen LogP contribution in [-0.4, -0.2) is 257 Å². The minimum absolute atomic E-state index is 0.0700. The number of likely N-dealkylation sites (N-methyl/N-ethyl adjacent to an activating group) is 4. The van der Waals surface area contributed by atoms with Gasteiger partial charge in [-0.15, -0.1) is 0 Å². The maximum absolute atomic E-state index is 15.4. The normalized spacial score (nSPS) is 17.9. The lowest BCUT2D eigenvalue weighted by Gasteiger charge is -2.37. The third kappa shape index (κ3) is 20.5. The number of fused-ring (bicyclic) bond motifs is 4. The fraction of sp³-hybridized carbons (Fsp3) is 0.515. The monoisotopic (exact) mass is 1860 g/mol. The SMILES string of the molecule is CCC1(c2nc(N3CCC(c4nccnc4OC)CC3)c3cc(N(C)CCO)ccc3n2)CC1.COc1cc(C)ccc1C1CCN(c2nc(C3(F)CC3)nc3ccc(N(C)CCO)cc23)CC1.COc1nccnc1C1CCN(c2nc(C3(F)CCC3)nc3ccc(N(C)CCO)cc23)CC1.COc1nccnc1C1CCN(c2nc(C3(O)CCC3)nc3ccc(N(C)CCO)cc23)CC1. The molecule has 31 nitrogen and oxygen atoms in total. The van der Waals surface area contributed by atoms with Gasteiger partial charge in [-0.25, -0.2) is 63.6 Å². The molecule has 8 aliphatic rings. The molecule has 0 bridgehead atoms. The van der Waals surface area contributed by atoms with E-state index in [0.717, 1.165) is 241 Å². The number of hydrogen-bond donors (Lipinski definition) is 5. The predicted molar refractivity (Wildman–Crippen MR) is 527 cm³/mol. The third-order valence-corrected chi connectivity index (χ3v) is 29.2. The minimum Gasteiger partial charge on any atom is -0.496 e. The number of piperidine rings is 4. The number of aliphatic hydroxyl groups excluding tert-OH is 4. The third-order valence-electron chi connectivity index (χ3n) is 29.2. The highest BCUT2D eigenvalue weighted by Crippen LogP contribution is 2.53. The van der Waals surface area contributed by atoms with E-state index in [1.807, 2.05) is 85.4 Å². The van der Waals surface area contributed by atoms with Gasteiger partial charge < -0.3 is 83.7 Å². The fourth-order valence-corrected chi connectivity index (χ4v) is 19.9. The molecule has 4 aliphatic carbocycles. The van der Waals surface area contributed by atoms with Crippen molar-refractivity contribution in [3.8, 4) is 23.4 Å². The Kier molecular flexibility index (Phi) is 29.5. The van der Waals surface area contributed by atoms with Gasteiger partial charge in [-0.2, -0.15) is 0 Å². The predicted octanol–water partition coefficient (Wildman–Crippen LogP) is 14.6. The van der Waals surface area contributed by atoms with Gasteiger partial charge in [-0.05, 0) is 225 Å². The summed E-state index contributed by atoms with van der Waals surface area (Å²) < 4.78 is 52.4. The quantitative estimate of drug-likeness (QED) is 0.0291. The molecule has 0 amide bonds. The van der Waals surface area contributed by atoms with Crippen LogP contribution in [-0.2, 0) is 22.4 Å². The van der Waals surface area contributed by atoms with Crippen molar-refractivity contribution in [1.82, 2.24) is 69.8 Å². The summed E-state index contributed by atoms with van der Waals surface area (Å²) in [6.07, 6.45) is 26.2. The topological polar surface area (TPSA) is 344 Å². The van der Waals surface area contributed by atoms with Crippen LogP contribution in [0.1, 0.15) is 204 Å². The van der Waals surface area contributed by atoms with E-state index in [1.54, 1.807) is 65.6 Å². The molecule has 20 rings (SSSR count). The molecule has 720 valence electrons. The Morgan fingerprint density at radius 2 is 0.669 bits per heavy atom. The number of alkyl halides is 2. The number of halogens is 2. The van der Waals surface area contributed by atoms with Crippen LogP contribution in [0.2, 0.25) is 0 Å². The summed E-state index contributed by atoms with van der Waals surface area (Å²) in [4.78, 5) is 82.7. The van der Waals surface area contributed by atoms with Crippen LogP contribution >= 0.6 is 0 Å². The number of rotatable bonds is 29. The largest absolute Gasteiger partial charge is 0.496 e. The Balaban J connectivity index is 0.000000126. The van der Waals surface area contributed by atoms with Crippen molar-refractivity contribution in [1.29, 1.82) is 0 Å². The van der Waals surface area contributed by atoms with Crippen molar-refractivity contribution < 1.29 is 53.3 Å². The number of anilines is 8. The van der Waals surface area contributed by atoms with Crippen LogP contribution in [0.4, 0.5) is 54.8 Å². The molecule has 4 saturated heterocycles. The molecule has 136 heavy (non-hydrogen) atoms. The Labute approximate surface area is 794 Å². The van der Waals surface area contributed by atoms with E-state index in [-0.39, 0.29) is 43.7 Å². The van der Waals surface area contributed by atoms with Crippen molar-refractivity contribution in [3.63, 3.8) is 0 Å². The standard InChI is InChI=1S/C27H33FN4O2.C26H34N6O2.C25H31FN6O2.C25H32N6O3/c1-18-4-6-21(24(16-18)34-3)19-8-12-32(13-9-19)25-22-17-20(31(2)14-15-33)5-7-23(22)29-26(30-25)27(28)10-11-27;1-4-26(9-10-26)25-29-21-6-5-19(31(2)15-16-33)17-20(21)23(30-25)32-13-7-18(8-14-32)22-24(34-3)28-12-11-27-22;1-31(14-15-33)18-4-5-20-19(16-18)22(30-24(29-20)25(26)8-3-9-25)32-12-6-17(7-13-32)21-23(34-2)28-11-10-27-21;1-30(14-15-32)18-4-5-20-19(16-18)22(29-24(28-20)25(33)8-3-9-25)31-12-6-17(7-13-31)21-23(34-2)27-11-10-26-21/h4-7,16-17,19,33H,8-15H2,1-3H3;5-6,11-12,17-18,33H,4,7-10,13-16H2,1-3H3;4-5,10-11,16-17,33H,3,6-9,12-15H2,1-2H3;4-5,10-11,16-17,32-33H,3,6-9,12-15H2,1-2H3. The first kappa shape index (κ1) is 95.7. The van der Waals surface area contributed by atoms with Gasteiger partial charge in [-0.1, -0.05) is 19.1 Å². The lowest BCUT2D eigenvalue weighted by molar-refractivity contribution is -0.0463. The first-order chi connectivity index (χ1) is 66.0. The number of hydrogen-bond acceptors (Lipinski definition) is 31. The Bertz CT molecular complexity index is 5730. The van der Waals surface area contributed by atoms with Gasteiger partial charge in [0.2, 0.25) is 17.6 Å². The number of nitrogens with zero attached hydrogens (tertiary/aromatic N) is 22. The van der Waals surface area contributed by atoms with Gasteiger partial charge in [0.15, 0.2) is 28.8 Å². The van der Waals surface area contributed by atoms with E-state index < -0.39 is 16.9 Å². The molecule has 5 aromatic carbocycles. The van der Waals surface area contributed by atoms with Crippen LogP contribution < -0.4 is 58.1 Å². The van der Waals surface area contributed by atoms with Crippen molar-refractivity contribution in [2.24, 2.45) is 0 Å². The summed E-state index contributed by atoms with van der Waals surface area (Å²) in [7, 11) is 14.5. The number of aromatic nitrogens is 14. The summed E-state index contributed by atoms with van der Waals surface area (Å²) in [6, 6.07) is 30.9. The van der Waals surface area contributed by atoms with Gasteiger partial charge >= 0.3 is 0 Å². The Hall–Kier alpha value is -12.0. The molecule has 8 fully saturated rings. The van der Waals surface area contributed by atoms with E-state index in [1.165, 1.54) is 24.0 Å². The average Bonchev–Trinajstić information content (AvgIpc) is 1.44. The van der Waals surface area contributed by atoms with Crippen molar-refractivity contribution in [3.05, 3.63) is 180 Å². The zero-order valence-corrected chi connectivity index (χ0v) is 80.1.